The smallest absolute Gasteiger partial charge is 0.214 e. The lowest BCUT2D eigenvalue weighted by Gasteiger charge is -2.23. The number of anilines is 2. The quantitative estimate of drug-likeness (QED) is 0.100. The molecule has 0 aliphatic carbocycles. The number of benzene rings is 4. The predicted octanol–water partition coefficient (Wildman–Crippen LogP) is 8.88. The van der Waals surface area contributed by atoms with E-state index in [4.69, 9.17) is 9.47 Å². The summed E-state index contributed by atoms with van der Waals surface area (Å²) in [6.07, 6.45) is 15.0. The summed E-state index contributed by atoms with van der Waals surface area (Å²) in [6.45, 7) is 7.22. The number of hydrogen-bond acceptors (Lipinski definition) is 4. The normalized spacial score (nSPS) is 15.4. The molecule has 52 heavy (non-hydrogen) atoms. The van der Waals surface area contributed by atoms with Crippen molar-refractivity contribution >= 4 is 33.2 Å². The fourth-order valence-electron chi connectivity index (χ4n) is 8.09. The molecule has 2 fully saturated rings. The summed E-state index contributed by atoms with van der Waals surface area (Å²) in [5.41, 5.74) is 7.79. The number of aromatic nitrogens is 2. The van der Waals surface area contributed by atoms with Gasteiger partial charge in [-0.05, 0) is 86.3 Å². The Balaban J connectivity index is 0.837. The van der Waals surface area contributed by atoms with Gasteiger partial charge in [0.25, 0.3) is 0 Å². The standard InChI is InChI=1S/C46H52N4O2/c1-2-10-28-47(27-9-1)45-25-31-49(43-15-7-5-13-41(43)45)35-37-17-21-39(22-18-37)51-33-34-52-40-23-19-38(20-24-40)36-50-32-26-46(42-14-6-8-16-44(42)50)48-29-11-3-4-12-30-48/h5-8,13-26,31-32H,1-4,9-12,27-30,33-36H2/q+2. The van der Waals surface area contributed by atoms with Gasteiger partial charge in [-0.1, -0.05) is 49.9 Å². The first kappa shape index (κ1) is 34.0. The van der Waals surface area contributed by atoms with Crippen LogP contribution in [0.3, 0.4) is 0 Å². The van der Waals surface area contributed by atoms with Crippen molar-refractivity contribution in [2.24, 2.45) is 0 Å². The van der Waals surface area contributed by atoms with Gasteiger partial charge in [-0.3, -0.25) is 0 Å². The van der Waals surface area contributed by atoms with Crippen molar-refractivity contribution in [3.05, 3.63) is 133 Å². The first-order valence-electron chi connectivity index (χ1n) is 19.5. The monoisotopic (exact) mass is 692 g/mol. The van der Waals surface area contributed by atoms with Gasteiger partial charge in [0.05, 0.1) is 22.1 Å². The first-order valence-corrected chi connectivity index (χ1v) is 19.5. The van der Waals surface area contributed by atoms with Crippen LogP contribution in [0.15, 0.2) is 122 Å². The third kappa shape index (κ3) is 8.02. The molecular weight excluding hydrogens is 641 g/mol. The number of nitrogens with zero attached hydrogens (tertiary/aromatic N) is 4. The van der Waals surface area contributed by atoms with Gasteiger partial charge in [0, 0.05) is 61.6 Å². The summed E-state index contributed by atoms with van der Waals surface area (Å²) < 4.78 is 16.8. The number of fused-ring (bicyclic) bond motifs is 2. The lowest BCUT2D eigenvalue weighted by molar-refractivity contribution is -0.662. The molecule has 0 unspecified atom stereocenters. The molecule has 4 aromatic carbocycles. The lowest BCUT2D eigenvalue weighted by atomic mass is 10.1. The van der Waals surface area contributed by atoms with Crippen LogP contribution in [0.4, 0.5) is 11.4 Å². The zero-order chi connectivity index (χ0) is 35.0. The highest BCUT2D eigenvalue weighted by molar-refractivity contribution is 5.90. The Morgan fingerprint density at radius 2 is 0.808 bits per heavy atom. The summed E-state index contributed by atoms with van der Waals surface area (Å²) in [5, 5.41) is 2.67. The van der Waals surface area contributed by atoms with E-state index in [0.29, 0.717) is 13.2 Å². The number of rotatable bonds is 11. The second-order valence-electron chi connectivity index (χ2n) is 14.5. The van der Waals surface area contributed by atoms with Gasteiger partial charge in [-0.2, -0.15) is 9.13 Å². The molecule has 2 aliphatic heterocycles. The Labute approximate surface area is 308 Å². The fraction of sp³-hybridized carbons (Fsp3) is 0.348. The van der Waals surface area contributed by atoms with Crippen molar-refractivity contribution in [2.75, 3.05) is 49.2 Å². The van der Waals surface area contributed by atoms with Crippen LogP contribution in [-0.4, -0.2) is 39.4 Å². The van der Waals surface area contributed by atoms with E-state index in [-0.39, 0.29) is 0 Å². The molecule has 0 atom stereocenters. The Hall–Kier alpha value is -5.10. The number of pyridine rings is 2. The van der Waals surface area contributed by atoms with Crippen molar-refractivity contribution in [2.45, 2.75) is 64.5 Å². The highest BCUT2D eigenvalue weighted by atomic mass is 16.5. The highest BCUT2D eigenvalue weighted by Gasteiger charge is 2.20. The van der Waals surface area contributed by atoms with E-state index in [1.807, 2.05) is 0 Å². The molecule has 0 amide bonds. The third-order valence-corrected chi connectivity index (χ3v) is 10.9. The maximum Gasteiger partial charge on any atom is 0.214 e. The molecular formula is C46H52N4O2+2. The van der Waals surface area contributed by atoms with Crippen molar-refractivity contribution in [1.29, 1.82) is 0 Å². The number of hydrogen-bond donors (Lipinski definition) is 0. The number of para-hydroxylation sites is 2. The average Bonchev–Trinajstić information content (AvgIpc) is 3.65. The summed E-state index contributed by atoms with van der Waals surface area (Å²) in [7, 11) is 0. The molecule has 2 saturated heterocycles. The third-order valence-electron chi connectivity index (χ3n) is 10.9. The van der Waals surface area contributed by atoms with Gasteiger partial charge >= 0.3 is 0 Å². The van der Waals surface area contributed by atoms with Crippen molar-refractivity contribution in [1.82, 2.24) is 0 Å². The molecule has 2 aliphatic rings. The van der Waals surface area contributed by atoms with E-state index in [2.05, 4.69) is 141 Å². The maximum absolute atomic E-state index is 6.06. The second-order valence-corrected chi connectivity index (χ2v) is 14.5. The summed E-state index contributed by atoms with van der Waals surface area (Å²) in [5.74, 6) is 1.72. The molecule has 6 heteroatoms. The zero-order valence-corrected chi connectivity index (χ0v) is 30.5. The summed E-state index contributed by atoms with van der Waals surface area (Å²) >= 11 is 0. The topological polar surface area (TPSA) is 32.7 Å². The van der Waals surface area contributed by atoms with E-state index in [1.165, 1.54) is 95.7 Å². The van der Waals surface area contributed by atoms with E-state index < -0.39 is 0 Å². The van der Waals surface area contributed by atoms with Gasteiger partial charge in [0.15, 0.2) is 25.5 Å². The first-order chi connectivity index (χ1) is 25.8. The molecule has 0 N–H and O–H groups in total. The molecule has 2 aromatic heterocycles. The van der Waals surface area contributed by atoms with Crippen LogP contribution < -0.4 is 28.4 Å². The minimum Gasteiger partial charge on any atom is -0.490 e. The van der Waals surface area contributed by atoms with Crippen LogP contribution in [-0.2, 0) is 13.1 Å². The Morgan fingerprint density at radius 3 is 1.21 bits per heavy atom. The van der Waals surface area contributed by atoms with Crippen molar-refractivity contribution in [3.63, 3.8) is 0 Å². The highest BCUT2D eigenvalue weighted by Crippen LogP contribution is 2.29. The summed E-state index contributed by atoms with van der Waals surface area (Å²) in [4.78, 5) is 5.17. The molecule has 6 aromatic rings. The van der Waals surface area contributed by atoms with Gasteiger partial charge in [0.2, 0.25) is 11.0 Å². The molecule has 0 bridgehead atoms. The molecule has 6 nitrogen and oxygen atoms in total. The van der Waals surface area contributed by atoms with E-state index in [1.54, 1.807) is 0 Å². The number of ether oxygens (including phenoxy) is 2. The van der Waals surface area contributed by atoms with Gasteiger partial charge in [-0.25, -0.2) is 0 Å². The van der Waals surface area contributed by atoms with Gasteiger partial charge in [0.1, 0.15) is 24.7 Å². The summed E-state index contributed by atoms with van der Waals surface area (Å²) in [6, 6.07) is 39.3. The van der Waals surface area contributed by atoms with E-state index in [9.17, 15) is 0 Å². The Bertz CT molecular complexity index is 1910. The van der Waals surface area contributed by atoms with Crippen LogP contribution in [0.1, 0.15) is 62.5 Å². The second kappa shape index (κ2) is 16.5. The Kier molecular flexibility index (Phi) is 10.8. The van der Waals surface area contributed by atoms with E-state index >= 15 is 0 Å². The molecule has 266 valence electrons. The van der Waals surface area contributed by atoms with Crippen molar-refractivity contribution in [3.8, 4) is 11.5 Å². The Morgan fingerprint density at radius 1 is 0.423 bits per heavy atom. The SMILES string of the molecule is c1ccc2c(c1)c(N1CCCCCC1)cc[n+]2Cc1ccc(OCCOc2ccc(C[n+]3ccc(N4CCCCCC4)c4ccccc43)cc2)cc1. The molecule has 0 saturated carbocycles. The fourth-order valence-corrected chi connectivity index (χ4v) is 8.09. The minimum atomic E-state index is 0.490. The van der Waals surface area contributed by atoms with Crippen LogP contribution in [0, 0.1) is 0 Å². The molecule has 8 rings (SSSR count). The van der Waals surface area contributed by atoms with Crippen LogP contribution in [0.25, 0.3) is 21.8 Å². The average molecular weight is 693 g/mol. The van der Waals surface area contributed by atoms with Gasteiger partial charge in [-0.15, -0.1) is 0 Å². The minimum absolute atomic E-state index is 0.490. The largest absolute Gasteiger partial charge is 0.490 e. The predicted molar refractivity (Wildman–Crippen MR) is 212 cm³/mol. The van der Waals surface area contributed by atoms with Gasteiger partial charge < -0.3 is 19.3 Å². The molecule has 4 heterocycles. The lowest BCUT2D eigenvalue weighted by Crippen LogP contribution is -2.36. The van der Waals surface area contributed by atoms with Crippen molar-refractivity contribution < 1.29 is 18.6 Å². The van der Waals surface area contributed by atoms with Crippen LogP contribution in [0.5, 0.6) is 11.5 Å². The maximum atomic E-state index is 6.06. The van der Waals surface area contributed by atoms with E-state index in [0.717, 1.165) is 50.8 Å². The molecule has 0 radical (unpaired) electrons. The molecule has 0 spiro atoms. The van der Waals surface area contributed by atoms with Crippen LogP contribution in [0.2, 0.25) is 0 Å². The zero-order valence-electron chi connectivity index (χ0n) is 30.5. The van der Waals surface area contributed by atoms with Crippen LogP contribution >= 0.6 is 0 Å².